The topological polar surface area (TPSA) is 67.6 Å². The minimum Gasteiger partial charge on any atom is -0.474 e. The maximum Gasteiger partial charge on any atom is 0.225 e. The van der Waals surface area contributed by atoms with Crippen molar-refractivity contribution >= 4 is 16.9 Å². The minimum absolute atomic E-state index is 0.0316. The largest absolute Gasteiger partial charge is 0.474 e. The van der Waals surface area contributed by atoms with Gasteiger partial charge in [-0.15, -0.1) is 0 Å². The molecular weight excluding hydrogens is 366 g/mol. The third-order valence-corrected chi connectivity index (χ3v) is 7.36. The molecule has 6 nitrogen and oxygen atoms in total. The highest BCUT2D eigenvalue weighted by atomic mass is 16.5. The summed E-state index contributed by atoms with van der Waals surface area (Å²) in [5.74, 6) is 0.988. The maximum absolute atomic E-state index is 12.5. The summed E-state index contributed by atoms with van der Waals surface area (Å²) < 4.78 is 8.27. The van der Waals surface area contributed by atoms with Crippen LogP contribution in [-0.2, 0) is 11.8 Å². The number of hydrogen-bond acceptors (Lipinski definition) is 4. The molecule has 1 N–H and O–H groups in total. The summed E-state index contributed by atoms with van der Waals surface area (Å²) in [4.78, 5) is 19.3. The molecule has 3 aliphatic rings. The summed E-state index contributed by atoms with van der Waals surface area (Å²) in [6, 6.07) is 4.08. The van der Waals surface area contributed by atoms with E-state index in [9.17, 15) is 9.90 Å². The lowest BCUT2D eigenvalue weighted by Gasteiger charge is -2.55. The Morgan fingerprint density at radius 3 is 2.59 bits per heavy atom. The number of aromatic nitrogens is 2. The molecule has 1 amide bonds. The Labute approximate surface area is 171 Å². The van der Waals surface area contributed by atoms with Crippen LogP contribution >= 0.6 is 0 Å². The molecule has 5 rings (SSSR count). The van der Waals surface area contributed by atoms with Crippen LogP contribution in [0.3, 0.4) is 0 Å². The van der Waals surface area contributed by atoms with E-state index in [0.29, 0.717) is 18.7 Å². The monoisotopic (exact) mass is 397 g/mol. The number of nitrogens with zero attached hydrogens (tertiary/aromatic N) is 3. The fourth-order valence-electron chi connectivity index (χ4n) is 5.66. The van der Waals surface area contributed by atoms with Crippen molar-refractivity contribution < 1.29 is 14.6 Å². The molecule has 29 heavy (non-hydrogen) atoms. The number of ether oxygens (including phenoxy) is 1. The van der Waals surface area contributed by atoms with Crippen molar-refractivity contribution in [1.29, 1.82) is 0 Å². The average Bonchev–Trinajstić information content (AvgIpc) is 2.91. The first-order chi connectivity index (χ1) is 13.7. The molecule has 0 bridgehead atoms. The zero-order valence-electron chi connectivity index (χ0n) is 17.6. The van der Waals surface area contributed by atoms with E-state index < -0.39 is 5.60 Å². The standard InChI is InChI=1S/C23H31N3O3/c1-15-12-25(3)20-18(15)4-5-19(24-20)29-17-6-8-23(9-7-17)13-26(14-23)21(27)16-10-22(2,28)11-16/h4-5,12,16-17,28H,6-11,13-14H2,1-3H3. The van der Waals surface area contributed by atoms with Crippen LogP contribution in [0.1, 0.15) is 51.0 Å². The summed E-state index contributed by atoms with van der Waals surface area (Å²) in [5.41, 5.74) is 1.85. The predicted molar refractivity (Wildman–Crippen MR) is 111 cm³/mol. The highest BCUT2D eigenvalue weighted by Crippen LogP contribution is 2.47. The molecule has 6 heteroatoms. The van der Waals surface area contributed by atoms with Gasteiger partial charge < -0.3 is 19.3 Å². The van der Waals surface area contributed by atoms with E-state index >= 15 is 0 Å². The van der Waals surface area contributed by atoms with Crippen molar-refractivity contribution in [1.82, 2.24) is 14.5 Å². The van der Waals surface area contributed by atoms with Gasteiger partial charge in [0.2, 0.25) is 11.8 Å². The van der Waals surface area contributed by atoms with E-state index in [-0.39, 0.29) is 23.3 Å². The lowest BCUT2D eigenvalue weighted by atomic mass is 9.66. The van der Waals surface area contributed by atoms with Gasteiger partial charge >= 0.3 is 0 Å². The van der Waals surface area contributed by atoms with Crippen LogP contribution in [0.15, 0.2) is 18.3 Å². The number of hydrogen-bond donors (Lipinski definition) is 1. The summed E-state index contributed by atoms with van der Waals surface area (Å²) in [5, 5.41) is 11.1. The molecule has 0 unspecified atom stereocenters. The van der Waals surface area contributed by atoms with Crippen LogP contribution in [0.25, 0.3) is 11.0 Å². The SMILES string of the molecule is Cc1cn(C)c2nc(OC3CCC4(CC3)CN(C(=O)C3CC(C)(O)C3)C4)ccc12. The zero-order valence-corrected chi connectivity index (χ0v) is 17.6. The second kappa shape index (κ2) is 6.46. The molecule has 0 atom stereocenters. The summed E-state index contributed by atoms with van der Waals surface area (Å²) >= 11 is 0. The molecule has 1 aliphatic heterocycles. The van der Waals surface area contributed by atoms with Crippen LogP contribution in [0.5, 0.6) is 5.88 Å². The van der Waals surface area contributed by atoms with E-state index in [4.69, 9.17) is 9.72 Å². The number of carbonyl (C=O) groups excluding carboxylic acids is 1. The number of carbonyl (C=O) groups is 1. The maximum atomic E-state index is 12.5. The molecule has 0 radical (unpaired) electrons. The van der Waals surface area contributed by atoms with Crippen molar-refractivity contribution in [2.45, 2.75) is 64.1 Å². The fraction of sp³-hybridized carbons (Fsp3) is 0.652. The Morgan fingerprint density at radius 1 is 1.24 bits per heavy atom. The summed E-state index contributed by atoms with van der Waals surface area (Å²) in [6.07, 6.45) is 7.79. The van der Waals surface area contributed by atoms with Crippen LogP contribution in [0.2, 0.25) is 0 Å². The van der Waals surface area contributed by atoms with E-state index in [1.54, 1.807) is 0 Å². The van der Waals surface area contributed by atoms with Gasteiger partial charge in [0.1, 0.15) is 11.8 Å². The van der Waals surface area contributed by atoms with Crippen molar-refractivity contribution in [3.8, 4) is 5.88 Å². The van der Waals surface area contributed by atoms with Gasteiger partial charge in [0, 0.05) is 49.1 Å². The highest BCUT2D eigenvalue weighted by molar-refractivity contribution is 5.81. The number of fused-ring (bicyclic) bond motifs is 1. The minimum atomic E-state index is -0.632. The molecule has 156 valence electrons. The lowest BCUT2D eigenvalue weighted by Crippen LogP contribution is -2.63. The normalized spacial score (nSPS) is 29.0. The number of pyridine rings is 1. The molecule has 3 fully saturated rings. The smallest absolute Gasteiger partial charge is 0.225 e. The van der Waals surface area contributed by atoms with Crippen molar-refractivity contribution in [2.75, 3.05) is 13.1 Å². The quantitative estimate of drug-likeness (QED) is 0.864. The molecule has 1 saturated heterocycles. The second-order valence-corrected chi connectivity index (χ2v) is 10.1. The van der Waals surface area contributed by atoms with E-state index in [0.717, 1.165) is 44.4 Å². The second-order valence-electron chi connectivity index (χ2n) is 10.1. The van der Waals surface area contributed by atoms with E-state index in [1.165, 1.54) is 10.9 Å². The van der Waals surface area contributed by atoms with E-state index in [1.807, 2.05) is 24.9 Å². The van der Waals surface area contributed by atoms with Crippen molar-refractivity contribution in [2.24, 2.45) is 18.4 Å². The Morgan fingerprint density at radius 2 is 1.93 bits per heavy atom. The molecular formula is C23H31N3O3. The van der Waals surface area contributed by atoms with Crippen molar-refractivity contribution in [3.63, 3.8) is 0 Å². The van der Waals surface area contributed by atoms with Crippen LogP contribution < -0.4 is 4.74 Å². The summed E-state index contributed by atoms with van der Waals surface area (Å²) in [7, 11) is 2.02. The number of amides is 1. The third-order valence-electron chi connectivity index (χ3n) is 7.36. The van der Waals surface area contributed by atoms with Gasteiger partial charge in [-0.25, -0.2) is 0 Å². The Hall–Kier alpha value is -2.08. The van der Waals surface area contributed by atoms with Gasteiger partial charge in [0.05, 0.1) is 5.60 Å². The number of aryl methyl sites for hydroxylation is 2. The number of likely N-dealkylation sites (tertiary alicyclic amines) is 1. The van der Waals surface area contributed by atoms with Crippen LogP contribution in [0, 0.1) is 18.3 Å². The highest BCUT2D eigenvalue weighted by Gasteiger charge is 2.51. The Bertz CT molecular complexity index is 940. The van der Waals surface area contributed by atoms with Gasteiger partial charge in [-0.05, 0) is 64.0 Å². The molecule has 2 aromatic rings. The molecule has 3 heterocycles. The molecule has 0 aromatic carbocycles. The van der Waals surface area contributed by atoms with Crippen LogP contribution in [-0.4, -0.2) is 50.3 Å². The lowest BCUT2D eigenvalue weighted by molar-refractivity contribution is -0.164. The summed E-state index contributed by atoms with van der Waals surface area (Å²) in [6.45, 7) is 5.68. The molecule has 2 saturated carbocycles. The first-order valence-electron chi connectivity index (χ1n) is 10.8. The third kappa shape index (κ3) is 3.31. The Balaban J connectivity index is 1.14. The number of aliphatic hydroxyl groups is 1. The van der Waals surface area contributed by atoms with Crippen molar-refractivity contribution in [3.05, 3.63) is 23.9 Å². The molecule has 2 aromatic heterocycles. The first-order valence-corrected chi connectivity index (χ1v) is 10.8. The predicted octanol–water partition coefficient (Wildman–Crippen LogP) is 3.19. The van der Waals surface area contributed by atoms with Gasteiger partial charge in [-0.2, -0.15) is 4.98 Å². The number of rotatable bonds is 3. The first kappa shape index (κ1) is 18.9. The van der Waals surface area contributed by atoms with Gasteiger partial charge in [0.15, 0.2) is 0 Å². The molecule has 2 aliphatic carbocycles. The average molecular weight is 398 g/mol. The fourth-order valence-corrected chi connectivity index (χ4v) is 5.66. The molecule has 1 spiro atoms. The van der Waals surface area contributed by atoms with Gasteiger partial charge in [0.25, 0.3) is 0 Å². The Kier molecular flexibility index (Phi) is 4.21. The van der Waals surface area contributed by atoms with Gasteiger partial charge in [-0.3, -0.25) is 4.79 Å². The van der Waals surface area contributed by atoms with Crippen LogP contribution in [0.4, 0.5) is 0 Å². The van der Waals surface area contributed by atoms with E-state index in [2.05, 4.69) is 23.8 Å². The van der Waals surface area contributed by atoms with Gasteiger partial charge in [-0.1, -0.05) is 0 Å². The zero-order chi connectivity index (χ0) is 20.4.